The van der Waals surface area contributed by atoms with Crippen molar-refractivity contribution >= 4 is 43.8 Å². The quantitative estimate of drug-likeness (QED) is 0.0721. The summed E-state index contributed by atoms with van der Waals surface area (Å²) in [4.78, 5) is -2.84. The molecule has 0 heterocycles. The van der Waals surface area contributed by atoms with Gasteiger partial charge >= 0.3 is 71.5 Å². The van der Waals surface area contributed by atoms with Crippen LogP contribution in [0.25, 0.3) is 0 Å². The van der Waals surface area contributed by atoms with Crippen molar-refractivity contribution in [3.05, 3.63) is 11.1 Å². The van der Waals surface area contributed by atoms with E-state index in [1.807, 2.05) is 0 Å². The predicted molar refractivity (Wildman–Crippen MR) is 99.6 cm³/mol. The van der Waals surface area contributed by atoms with Crippen molar-refractivity contribution in [1.29, 1.82) is 0 Å². The molecule has 0 saturated carbocycles. The van der Waals surface area contributed by atoms with E-state index in [2.05, 4.69) is 0 Å². The molecule has 0 aromatic heterocycles. The normalized spacial score (nSPS) is 12.7. The topological polar surface area (TPSA) is 155 Å². The van der Waals surface area contributed by atoms with Crippen molar-refractivity contribution in [2.45, 2.75) is 35.0 Å². The van der Waals surface area contributed by atoms with E-state index < -0.39 is 101 Å². The second-order valence-corrected chi connectivity index (χ2v) is 11.3. The Bertz CT molecular complexity index is 962. The second kappa shape index (κ2) is 14.2. The zero-order valence-corrected chi connectivity index (χ0v) is 24.8. The number of alkyl halides is 6. The summed E-state index contributed by atoms with van der Waals surface area (Å²) in [6.45, 7) is 0. The fourth-order valence-corrected chi connectivity index (χ4v) is 5.84. The van der Waals surface area contributed by atoms with Gasteiger partial charge in [-0.25, -0.2) is 16.8 Å². The molecule has 8 nitrogen and oxygen atoms in total. The van der Waals surface area contributed by atoms with E-state index in [4.69, 9.17) is 0 Å². The Morgan fingerprint density at radius 2 is 0.941 bits per heavy atom. The molecule has 1 aromatic rings. The monoisotopic (exact) mass is 598 g/mol. The van der Waals surface area contributed by atoms with Gasteiger partial charge in [-0.1, -0.05) is 0 Å². The summed E-state index contributed by atoms with van der Waals surface area (Å²) < 4.78 is 144. The SMILES string of the molecule is O=S(=O)([O-])CCCSc1c(O)c(C(F)(F)F)c(SCCCS(=O)(=O)[O-])c(O)c1C(F)(F)F.[Na+].[Na+]. The maximum absolute atomic E-state index is 13.5. The summed E-state index contributed by atoms with van der Waals surface area (Å²) >= 11 is -0.0743. The van der Waals surface area contributed by atoms with Crippen molar-refractivity contribution in [1.82, 2.24) is 0 Å². The number of hydrogen-bond donors (Lipinski definition) is 2. The predicted octanol–water partition coefficient (Wildman–Crippen LogP) is -2.80. The number of hydrogen-bond acceptors (Lipinski definition) is 10. The van der Waals surface area contributed by atoms with Crippen LogP contribution in [-0.2, 0) is 32.6 Å². The Labute approximate surface area is 243 Å². The third-order valence-electron chi connectivity index (χ3n) is 3.49. The number of benzene rings is 1. The molecule has 0 bridgehead atoms. The van der Waals surface area contributed by atoms with Crippen molar-refractivity contribution < 1.29 is 122 Å². The van der Waals surface area contributed by atoms with Crippen molar-refractivity contribution in [2.24, 2.45) is 0 Å². The van der Waals surface area contributed by atoms with E-state index >= 15 is 0 Å². The molecule has 20 heteroatoms. The molecular weight excluding hydrogens is 584 g/mol. The van der Waals surface area contributed by atoms with Gasteiger partial charge in [0.15, 0.2) is 0 Å². The average Bonchev–Trinajstić information content (AvgIpc) is 2.54. The molecule has 0 saturated heterocycles. The number of halogens is 6. The molecule has 34 heavy (non-hydrogen) atoms. The summed E-state index contributed by atoms with van der Waals surface area (Å²) in [6.07, 6.45) is -12.0. The minimum absolute atomic E-state index is 0. The zero-order valence-electron chi connectivity index (χ0n) is 17.5. The summed E-state index contributed by atoms with van der Waals surface area (Å²) in [7, 11) is -9.49. The van der Waals surface area contributed by atoms with E-state index in [1.54, 1.807) is 0 Å². The summed E-state index contributed by atoms with van der Waals surface area (Å²) in [5.41, 5.74) is -4.03. The minimum atomic E-state index is -5.45. The first kappa shape index (κ1) is 37.1. The number of rotatable bonds is 10. The van der Waals surface area contributed by atoms with Gasteiger partial charge in [-0.2, -0.15) is 26.3 Å². The Kier molecular flexibility index (Phi) is 15.5. The third-order valence-corrected chi connectivity index (χ3v) is 7.43. The van der Waals surface area contributed by atoms with Crippen LogP contribution in [-0.4, -0.2) is 59.2 Å². The smallest absolute Gasteiger partial charge is 0.748 e. The first-order valence-electron chi connectivity index (χ1n) is 8.14. The molecule has 0 fully saturated rings. The van der Waals surface area contributed by atoms with Crippen LogP contribution in [0, 0.1) is 0 Å². The van der Waals surface area contributed by atoms with Gasteiger partial charge in [0.1, 0.15) is 22.6 Å². The van der Waals surface area contributed by atoms with Crippen LogP contribution in [0.4, 0.5) is 26.3 Å². The Balaban J connectivity index is 0. The maximum atomic E-state index is 13.5. The van der Waals surface area contributed by atoms with E-state index in [9.17, 15) is 62.5 Å². The number of aromatic hydroxyl groups is 2. The zero-order chi connectivity index (χ0) is 25.1. The van der Waals surface area contributed by atoms with Crippen LogP contribution in [0.15, 0.2) is 9.79 Å². The van der Waals surface area contributed by atoms with Gasteiger partial charge in [0, 0.05) is 11.5 Å². The molecule has 186 valence electrons. The number of thioether (sulfide) groups is 2. The molecule has 1 aromatic carbocycles. The van der Waals surface area contributed by atoms with Crippen LogP contribution < -0.4 is 59.1 Å². The van der Waals surface area contributed by atoms with Crippen LogP contribution >= 0.6 is 23.5 Å². The third kappa shape index (κ3) is 12.0. The van der Waals surface area contributed by atoms with E-state index in [0.29, 0.717) is 0 Å². The standard InChI is InChI=1S/C14H16F6O8S4.2Na/c15-13(16,17)7-10(22)12(30-4-2-6-32(26,27)28)8(14(18,19)20)9(21)11(7)29-3-1-5-31(23,24)25;;/h21-22H,1-6H2,(H,23,24,25)(H,26,27,28);;/q;2*+1/p-2. The number of phenolic OH excluding ortho intramolecular Hbond substituents is 2. The largest absolute Gasteiger partial charge is 1.00 e. The summed E-state index contributed by atoms with van der Waals surface area (Å²) in [5.74, 6) is -7.01. The summed E-state index contributed by atoms with van der Waals surface area (Å²) in [6, 6.07) is 0. The van der Waals surface area contributed by atoms with Gasteiger partial charge in [-0.05, 0) is 24.3 Å². The molecule has 0 aliphatic rings. The van der Waals surface area contributed by atoms with Gasteiger partial charge in [-0.15, -0.1) is 23.5 Å². The Hall–Kier alpha value is 0.920. The maximum Gasteiger partial charge on any atom is 1.00 e. The molecule has 2 N–H and O–H groups in total. The molecule has 0 spiro atoms. The van der Waals surface area contributed by atoms with Gasteiger partial charge in [0.05, 0.1) is 30.0 Å². The molecular formula is C14H14F6Na2O8S4. The fraction of sp³-hybridized carbons (Fsp3) is 0.571. The molecule has 1 rings (SSSR count). The van der Waals surface area contributed by atoms with Crippen LogP contribution in [0.2, 0.25) is 0 Å². The first-order chi connectivity index (χ1) is 14.3. The van der Waals surface area contributed by atoms with Crippen LogP contribution in [0.5, 0.6) is 11.5 Å². The second-order valence-electron chi connectivity index (χ2n) is 6.03. The van der Waals surface area contributed by atoms with E-state index in [0.717, 1.165) is 0 Å². The van der Waals surface area contributed by atoms with Gasteiger partial charge in [0.2, 0.25) is 0 Å². The molecule has 0 amide bonds. The number of phenols is 2. The molecule has 0 radical (unpaired) electrons. The minimum Gasteiger partial charge on any atom is -0.748 e. The fourth-order valence-electron chi connectivity index (χ4n) is 2.31. The van der Waals surface area contributed by atoms with Crippen LogP contribution in [0.3, 0.4) is 0 Å². The van der Waals surface area contributed by atoms with E-state index in [1.165, 1.54) is 0 Å². The Morgan fingerprint density at radius 1 is 0.676 bits per heavy atom. The first-order valence-corrected chi connectivity index (χ1v) is 13.3. The van der Waals surface area contributed by atoms with Crippen LogP contribution in [0.1, 0.15) is 24.0 Å². The molecule has 0 atom stereocenters. The van der Waals surface area contributed by atoms with E-state index in [-0.39, 0.29) is 82.6 Å². The van der Waals surface area contributed by atoms with Gasteiger partial charge in [0.25, 0.3) is 0 Å². The van der Waals surface area contributed by atoms with Gasteiger partial charge < -0.3 is 19.3 Å². The van der Waals surface area contributed by atoms with Crippen molar-refractivity contribution in [2.75, 3.05) is 23.0 Å². The van der Waals surface area contributed by atoms with Crippen molar-refractivity contribution in [3.8, 4) is 11.5 Å². The van der Waals surface area contributed by atoms with Crippen molar-refractivity contribution in [3.63, 3.8) is 0 Å². The van der Waals surface area contributed by atoms with Gasteiger partial charge in [-0.3, -0.25) is 0 Å². The Morgan fingerprint density at radius 3 is 1.15 bits per heavy atom. The molecule has 0 aliphatic carbocycles. The molecule has 0 unspecified atom stereocenters. The molecule has 0 aliphatic heterocycles. The summed E-state index contributed by atoms with van der Waals surface area (Å²) in [5, 5.41) is 20.1. The average molecular weight is 598 g/mol.